The summed E-state index contributed by atoms with van der Waals surface area (Å²) in [5.74, 6) is -1.12. The highest BCUT2D eigenvalue weighted by Crippen LogP contribution is 2.34. The Bertz CT molecular complexity index is 923. The number of hydrogen-bond donors (Lipinski definition) is 2. The van der Waals surface area contributed by atoms with Gasteiger partial charge in [0.2, 0.25) is 5.91 Å². The van der Waals surface area contributed by atoms with Crippen molar-refractivity contribution in [1.82, 2.24) is 0 Å². The normalized spacial score (nSPS) is 14.7. The molecule has 0 saturated heterocycles. The average molecular weight is 381 g/mol. The molecule has 2 aromatic carbocycles. The van der Waals surface area contributed by atoms with Crippen LogP contribution in [0, 0.1) is 0 Å². The van der Waals surface area contributed by atoms with Crippen LogP contribution in [0.3, 0.4) is 0 Å². The molecular formula is C21H23N3O4. The number of hydrogen-bond acceptors (Lipinski definition) is 5. The predicted molar refractivity (Wildman–Crippen MR) is 108 cm³/mol. The van der Waals surface area contributed by atoms with E-state index in [9.17, 15) is 14.4 Å². The highest BCUT2D eigenvalue weighted by atomic mass is 16.5. The van der Waals surface area contributed by atoms with E-state index in [0.717, 1.165) is 5.69 Å². The van der Waals surface area contributed by atoms with Gasteiger partial charge in [-0.05, 0) is 45.0 Å². The number of nitrogens with zero attached hydrogens (tertiary/aromatic N) is 1. The van der Waals surface area contributed by atoms with Crippen molar-refractivity contribution in [3.63, 3.8) is 0 Å². The van der Waals surface area contributed by atoms with Crippen molar-refractivity contribution in [2.24, 2.45) is 0 Å². The molecule has 0 radical (unpaired) electrons. The molecule has 1 aliphatic rings. The van der Waals surface area contributed by atoms with Gasteiger partial charge < -0.3 is 15.4 Å². The van der Waals surface area contributed by atoms with Crippen LogP contribution in [-0.4, -0.2) is 36.5 Å². The van der Waals surface area contributed by atoms with Gasteiger partial charge in [-0.15, -0.1) is 0 Å². The van der Waals surface area contributed by atoms with Crippen molar-refractivity contribution < 1.29 is 19.1 Å². The number of para-hydroxylation sites is 3. The second kappa shape index (κ2) is 7.72. The van der Waals surface area contributed by atoms with Gasteiger partial charge in [-0.2, -0.15) is 0 Å². The molecule has 0 atom stereocenters. The van der Waals surface area contributed by atoms with Gasteiger partial charge >= 0.3 is 5.97 Å². The zero-order chi connectivity index (χ0) is 20.3. The number of carbonyl (C=O) groups excluding carboxylic acids is 3. The van der Waals surface area contributed by atoms with E-state index in [4.69, 9.17) is 4.74 Å². The Labute approximate surface area is 163 Å². The second-order valence-electron chi connectivity index (χ2n) is 6.97. The molecule has 0 aromatic heterocycles. The van der Waals surface area contributed by atoms with E-state index in [1.807, 2.05) is 18.2 Å². The first-order valence-electron chi connectivity index (χ1n) is 9.08. The summed E-state index contributed by atoms with van der Waals surface area (Å²) in [7, 11) is 0. The lowest BCUT2D eigenvalue weighted by molar-refractivity contribution is -0.124. The zero-order valence-electron chi connectivity index (χ0n) is 16.1. The minimum Gasteiger partial charge on any atom is -0.462 e. The second-order valence-corrected chi connectivity index (χ2v) is 6.97. The molecule has 7 nitrogen and oxygen atoms in total. The molecule has 0 saturated carbocycles. The molecule has 0 bridgehead atoms. The van der Waals surface area contributed by atoms with Crippen LogP contribution < -0.4 is 15.5 Å². The van der Waals surface area contributed by atoms with E-state index in [1.54, 1.807) is 51.1 Å². The van der Waals surface area contributed by atoms with Crippen LogP contribution in [0.2, 0.25) is 0 Å². The number of fused-ring (bicyclic) bond motifs is 1. The molecule has 28 heavy (non-hydrogen) atoms. The third kappa shape index (κ3) is 3.83. The molecule has 1 aliphatic heterocycles. The fraction of sp³-hybridized carbons (Fsp3) is 0.286. The quantitative estimate of drug-likeness (QED) is 0.778. The molecular weight excluding hydrogens is 358 g/mol. The Balaban J connectivity index is 1.82. The van der Waals surface area contributed by atoms with Gasteiger partial charge in [0.15, 0.2) is 0 Å². The summed E-state index contributed by atoms with van der Waals surface area (Å²) >= 11 is 0. The van der Waals surface area contributed by atoms with Gasteiger partial charge in [0.1, 0.15) is 12.1 Å². The van der Waals surface area contributed by atoms with Crippen LogP contribution in [0.1, 0.15) is 31.1 Å². The summed E-state index contributed by atoms with van der Waals surface area (Å²) in [6.45, 7) is 5.33. The lowest BCUT2D eigenvalue weighted by Crippen LogP contribution is -2.55. The Morgan fingerprint density at radius 1 is 1.11 bits per heavy atom. The molecule has 0 spiro atoms. The lowest BCUT2D eigenvalue weighted by atomic mass is 9.98. The molecule has 7 heteroatoms. The third-order valence-electron chi connectivity index (χ3n) is 4.42. The van der Waals surface area contributed by atoms with Crippen molar-refractivity contribution in [2.75, 3.05) is 28.7 Å². The summed E-state index contributed by atoms with van der Waals surface area (Å²) in [4.78, 5) is 39.1. The number of rotatable bonds is 5. The summed E-state index contributed by atoms with van der Waals surface area (Å²) < 4.78 is 5.03. The van der Waals surface area contributed by atoms with Crippen molar-refractivity contribution >= 4 is 34.8 Å². The maximum atomic E-state index is 12.9. The molecule has 0 fully saturated rings. The van der Waals surface area contributed by atoms with Crippen LogP contribution in [0.5, 0.6) is 0 Å². The minimum atomic E-state index is -0.836. The number of ether oxygens (including phenoxy) is 1. The van der Waals surface area contributed by atoms with E-state index in [-0.39, 0.29) is 24.6 Å². The summed E-state index contributed by atoms with van der Waals surface area (Å²) in [6, 6.07) is 14.0. The van der Waals surface area contributed by atoms with Crippen LogP contribution in [0.25, 0.3) is 0 Å². The standard InChI is InChI=1S/C21H23N3O4/c1-4-28-19(26)14-9-5-6-10-15(14)22-18(25)13-24-17-12-8-7-11-16(17)23-21(2,3)20(24)27/h5-12,23H,4,13H2,1-3H3,(H,22,25). The number of amides is 2. The van der Waals surface area contributed by atoms with E-state index < -0.39 is 17.4 Å². The van der Waals surface area contributed by atoms with Gasteiger partial charge in [0, 0.05) is 0 Å². The molecule has 1 heterocycles. The van der Waals surface area contributed by atoms with E-state index >= 15 is 0 Å². The number of esters is 1. The molecule has 2 N–H and O–H groups in total. The summed E-state index contributed by atoms with van der Waals surface area (Å²) in [5.41, 5.74) is 1.20. The number of carbonyl (C=O) groups is 3. The number of nitrogens with one attached hydrogen (secondary N) is 2. The van der Waals surface area contributed by atoms with Crippen LogP contribution >= 0.6 is 0 Å². The first-order valence-corrected chi connectivity index (χ1v) is 9.08. The Morgan fingerprint density at radius 2 is 1.79 bits per heavy atom. The first-order chi connectivity index (χ1) is 13.3. The Hall–Kier alpha value is -3.35. The summed E-state index contributed by atoms with van der Waals surface area (Å²) in [5, 5.41) is 5.91. The zero-order valence-corrected chi connectivity index (χ0v) is 16.1. The van der Waals surface area contributed by atoms with Crippen LogP contribution in [0.15, 0.2) is 48.5 Å². The number of anilines is 3. The van der Waals surface area contributed by atoms with Crippen molar-refractivity contribution in [3.8, 4) is 0 Å². The average Bonchev–Trinajstić information content (AvgIpc) is 2.65. The van der Waals surface area contributed by atoms with Crippen molar-refractivity contribution in [2.45, 2.75) is 26.3 Å². The van der Waals surface area contributed by atoms with Gasteiger partial charge in [-0.25, -0.2) is 4.79 Å². The van der Waals surface area contributed by atoms with E-state index in [2.05, 4.69) is 10.6 Å². The predicted octanol–water partition coefficient (Wildman–Crippen LogP) is 3.04. The van der Waals surface area contributed by atoms with Gasteiger partial charge in [0.05, 0.1) is 29.2 Å². The summed E-state index contributed by atoms with van der Waals surface area (Å²) in [6.07, 6.45) is 0. The van der Waals surface area contributed by atoms with Gasteiger partial charge in [-0.3, -0.25) is 14.5 Å². The van der Waals surface area contributed by atoms with Crippen molar-refractivity contribution in [1.29, 1.82) is 0 Å². The monoisotopic (exact) mass is 381 g/mol. The highest BCUT2D eigenvalue weighted by molar-refractivity contribution is 6.12. The highest BCUT2D eigenvalue weighted by Gasteiger charge is 2.39. The van der Waals surface area contributed by atoms with Gasteiger partial charge in [-0.1, -0.05) is 24.3 Å². The fourth-order valence-electron chi connectivity index (χ4n) is 3.12. The van der Waals surface area contributed by atoms with Crippen LogP contribution in [0.4, 0.5) is 17.1 Å². The lowest BCUT2D eigenvalue weighted by Gasteiger charge is -2.39. The molecule has 2 aromatic rings. The van der Waals surface area contributed by atoms with E-state index in [1.165, 1.54) is 4.90 Å². The maximum absolute atomic E-state index is 12.9. The third-order valence-corrected chi connectivity index (χ3v) is 4.42. The first kappa shape index (κ1) is 19.4. The molecule has 2 amide bonds. The molecule has 3 rings (SSSR count). The molecule has 146 valence electrons. The van der Waals surface area contributed by atoms with Crippen molar-refractivity contribution in [3.05, 3.63) is 54.1 Å². The smallest absolute Gasteiger partial charge is 0.340 e. The minimum absolute atomic E-state index is 0.169. The van der Waals surface area contributed by atoms with Gasteiger partial charge in [0.25, 0.3) is 5.91 Å². The Kier molecular flexibility index (Phi) is 5.35. The molecule has 0 aliphatic carbocycles. The molecule has 0 unspecified atom stereocenters. The van der Waals surface area contributed by atoms with E-state index in [0.29, 0.717) is 11.4 Å². The Morgan fingerprint density at radius 3 is 2.54 bits per heavy atom. The fourth-order valence-corrected chi connectivity index (χ4v) is 3.12. The maximum Gasteiger partial charge on any atom is 0.340 e. The van der Waals surface area contributed by atoms with Crippen LogP contribution in [-0.2, 0) is 14.3 Å². The SMILES string of the molecule is CCOC(=O)c1ccccc1NC(=O)CN1C(=O)C(C)(C)Nc2ccccc21. The topological polar surface area (TPSA) is 87.7 Å². The largest absolute Gasteiger partial charge is 0.462 e. The number of benzene rings is 2.